The van der Waals surface area contributed by atoms with E-state index >= 15 is 0 Å². The number of carbonyl (C=O) groups excluding carboxylic acids is 3. The van der Waals surface area contributed by atoms with Crippen molar-refractivity contribution in [3.8, 4) is 0 Å². The number of benzene rings is 1. The lowest BCUT2D eigenvalue weighted by Crippen LogP contribution is -2.50. The zero-order chi connectivity index (χ0) is 21.2. The maximum Gasteiger partial charge on any atom is 0.250 e. The summed E-state index contributed by atoms with van der Waals surface area (Å²) in [6.45, 7) is 3.09. The van der Waals surface area contributed by atoms with Crippen molar-refractivity contribution in [3.05, 3.63) is 30.5 Å². The maximum atomic E-state index is 12.9. The molecule has 158 valence electrons. The van der Waals surface area contributed by atoms with Gasteiger partial charge in [-0.1, -0.05) is 38.0 Å². The van der Waals surface area contributed by atoms with Crippen LogP contribution >= 0.6 is 0 Å². The van der Waals surface area contributed by atoms with E-state index in [1.54, 1.807) is 20.3 Å². The van der Waals surface area contributed by atoms with Gasteiger partial charge in [-0.15, -0.1) is 0 Å². The van der Waals surface area contributed by atoms with Gasteiger partial charge < -0.3 is 15.5 Å². The van der Waals surface area contributed by atoms with E-state index in [-0.39, 0.29) is 24.1 Å². The fourth-order valence-corrected chi connectivity index (χ4v) is 3.13. The lowest BCUT2D eigenvalue weighted by atomic mass is 10.1. The molecule has 0 bridgehead atoms. The van der Waals surface area contributed by atoms with E-state index in [4.69, 9.17) is 0 Å². The van der Waals surface area contributed by atoms with Crippen molar-refractivity contribution < 1.29 is 14.4 Å². The normalized spacial score (nSPS) is 12.0. The topological polar surface area (TPSA) is 96.3 Å². The van der Waals surface area contributed by atoms with Gasteiger partial charge >= 0.3 is 0 Å². The Hall–Kier alpha value is -2.74. The standard InChI is InChI=1S/C21H31N5O3/c1-4-5-6-11-19(27)25(3)18(21(29)23-13-12-22-2)14-20(28)26-17-10-8-7-9-16(17)15-24-26/h7-10,15,18,22H,4-6,11-14H2,1-3H3,(H,23,29)/t18-/m0/s1. The van der Waals surface area contributed by atoms with Crippen LogP contribution in [0.1, 0.15) is 43.8 Å². The Balaban J connectivity index is 2.16. The molecule has 0 aliphatic heterocycles. The van der Waals surface area contributed by atoms with E-state index in [1.165, 1.54) is 9.58 Å². The minimum absolute atomic E-state index is 0.132. The Morgan fingerprint density at radius 1 is 1.17 bits per heavy atom. The molecule has 0 saturated heterocycles. The lowest BCUT2D eigenvalue weighted by Gasteiger charge is -2.27. The molecule has 0 aliphatic carbocycles. The third kappa shape index (κ3) is 6.12. The largest absolute Gasteiger partial charge is 0.353 e. The zero-order valence-electron chi connectivity index (χ0n) is 17.5. The minimum Gasteiger partial charge on any atom is -0.353 e. The summed E-state index contributed by atoms with van der Waals surface area (Å²) in [4.78, 5) is 39.6. The van der Waals surface area contributed by atoms with Crippen LogP contribution in [0.25, 0.3) is 10.9 Å². The Kier molecular flexibility index (Phi) is 8.79. The van der Waals surface area contributed by atoms with Gasteiger partial charge in [0.05, 0.1) is 18.1 Å². The molecule has 0 aliphatic rings. The van der Waals surface area contributed by atoms with Crippen molar-refractivity contribution in [3.63, 3.8) is 0 Å². The van der Waals surface area contributed by atoms with Gasteiger partial charge in [-0.2, -0.15) is 5.10 Å². The SMILES string of the molecule is CCCCCC(=O)N(C)[C@@H](CC(=O)n1ncc2ccccc21)C(=O)NCCNC. The molecular weight excluding hydrogens is 370 g/mol. The van der Waals surface area contributed by atoms with Crippen molar-refractivity contribution >= 4 is 28.6 Å². The molecule has 0 unspecified atom stereocenters. The number of hydrogen-bond donors (Lipinski definition) is 2. The summed E-state index contributed by atoms with van der Waals surface area (Å²) in [5.74, 6) is -0.796. The molecule has 2 amide bonds. The van der Waals surface area contributed by atoms with Crippen LogP contribution in [0, 0.1) is 0 Å². The van der Waals surface area contributed by atoms with E-state index in [2.05, 4.69) is 22.7 Å². The van der Waals surface area contributed by atoms with Crippen molar-refractivity contribution in [2.75, 3.05) is 27.2 Å². The Bertz CT molecular complexity index is 833. The molecule has 1 aromatic carbocycles. The number of aromatic nitrogens is 2. The van der Waals surface area contributed by atoms with Crippen LogP contribution in [0.3, 0.4) is 0 Å². The number of amides is 2. The molecular formula is C21H31N5O3. The third-order valence-electron chi connectivity index (χ3n) is 4.91. The van der Waals surface area contributed by atoms with Gasteiger partial charge in [0, 0.05) is 31.9 Å². The molecule has 0 fully saturated rings. The number of rotatable bonds is 11. The first kappa shape index (κ1) is 22.5. The number of fused-ring (bicyclic) bond motifs is 1. The van der Waals surface area contributed by atoms with Gasteiger partial charge in [0.1, 0.15) is 6.04 Å². The van der Waals surface area contributed by atoms with Crippen LogP contribution in [0.2, 0.25) is 0 Å². The molecule has 0 saturated carbocycles. The van der Waals surface area contributed by atoms with Crippen molar-refractivity contribution in [1.29, 1.82) is 0 Å². The first-order valence-electron chi connectivity index (χ1n) is 10.1. The van der Waals surface area contributed by atoms with E-state index in [0.29, 0.717) is 25.0 Å². The molecule has 8 nitrogen and oxygen atoms in total. The molecule has 2 N–H and O–H groups in total. The molecule has 2 rings (SSSR count). The number of nitrogens with zero attached hydrogens (tertiary/aromatic N) is 3. The molecule has 1 aromatic heterocycles. The Morgan fingerprint density at radius 3 is 2.66 bits per heavy atom. The first-order valence-corrected chi connectivity index (χ1v) is 10.1. The summed E-state index contributed by atoms with van der Waals surface area (Å²) in [7, 11) is 3.38. The number of para-hydroxylation sites is 1. The molecule has 2 aromatic rings. The second-order valence-corrected chi connectivity index (χ2v) is 7.09. The predicted molar refractivity (Wildman–Crippen MR) is 113 cm³/mol. The summed E-state index contributed by atoms with van der Waals surface area (Å²) in [6, 6.07) is 6.51. The third-order valence-corrected chi connectivity index (χ3v) is 4.91. The Morgan fingerprint density at radius 2 is 1.93 bits per heavy atom. The van der Waals surface area contributed by atoms with Gasteiger partial charge in [0.25, 0.3) is 0 Å². The smallest absolute Gasteiger partial charge is 0.250 e. The maximum absolute atomic E-state index is 12.9. The average molecular weight is 402 g/mol. The fourth-order valence-electron chi connectivity index (χ4n) is 3.13. The Labute approximate surface area is 171 Å². The molecule has 1 atom stereocenters. The quantitative estimate of drug-likeness (QED) is 0.560. The molecule has 8 heteroatoms. The van der Waals surface area contributed by atoms with E-state index < -0.39 is 6.04 Å². The summed E-state index contributed by atoms with van der Waals surface area (Å²) < 4.78 is 1.30. The number of hydrogen-bond acceptors (Lipinski definition) is 5. The minimum atomic E-state index is -0.878. The van der Waals surface area contributed by atoms with E-state index in [1.807, 2.05) is 24.3 Å². The zero-order valence-corrected chi connectivity index (χ0v) is 17.5. The highest BCUT2D eigenvalue weighted by atomic mass is 16.2. The first-order chi connectivity index (χ1) is 14.0. The van der Waals surface area contributed by atoms with E-state index in [9.17, 15) is 14.4 Å². The van der Waals surface area contributed by atoms with Crippen molar-refractivity contribution in [1.82, 2.24) is 25.3 Å². The van der Waals surface area contributed by atoms with Gasteiger partial charge in [-0.3, -0.25) is 14.4 Å². The van der Waals surface area contributed by atoms with Gasteiger partial charge in [-0.05, 0) is 19.5 Å². The van der Waals surface area contributed by atoms with Crippen LogP contribution in [0.4, 0.5) is 0 Å². The summed E-state index contributed by atoms with van der Waals surface area (Å²) in [5.41, 5.74) is 0.684. The fraction of sp³-hybridized carbons (Fsp3) is 0.524. The summed E-state index contributed by atoms with van der Waals surface area (Å²) in [5, 5.41) is 10.8. The average Bonchev–Trinajstić information content (AvgIpc) is 3.16. The van der Waals surface area contributed by atoms with Crippen LogP contribution in [0.15, 0.2) is 30.5 Å². The van der Waals surface area contributed by atoms with Crippen LogP contribution < -0.4 is 10.6 Å². The number of unbranched alkanes of at least 4 members (excludes halogenated alkanes) is 2. The molecule has 1 heterocycles. The molecule has 29 heavy (non-hydrogen) atoms. The number of carbonyl (C=O) groups is 3. The molecule has 0 radical (unpaired) electrons. The predicted octanol–water partition coefficient (Wildman–Crippen LogP) is 1.81. The summed E-state index contributed by atoms with van der Waals surface area (Å²) in [6.07, 6.45) is 4.59. The van der Waals surface area contributed by atoms with Crippen molar-refractivity contribution in [2.45, 2.75) is 45.1 Å². The highest BCUT2D eigenvalue weighted by Gasteiger charge is 2.30. The van der Waals surface area contributed by atoms with Gasteiger partial charge in [-0.25, -0.2) is 4.68 Å². The summed E-state index contributed by atoms with van der Waals surface area (Å²) >= 11 is 0. The second kappa shape index (κ2) is 11.3. The monoisotopic (exact) mass is 401 g/mol. The highest BCUT2D eigenvalue weighted by Crippen LogP contribution is 2.15. The van der Waals surface area contributed by atoms with E-state index in [0.717, 1.165) is 24.6 Å². The van der Waals surface area contributed by atoms with Crippen LogP contribution in [-0.4, -0.2) is 65.6 Å². The molecule has 0 spiro atoms. The van der Waals surface area contributed by atoms with Gasteiger partial charge in [0.2, 0.25) is 17.7 Å². The lowest BCUT2D eigenvalue weighted by molar-refractivity contribution is -0.139. The van der Waals surface area contributed by atoms with Crippen LogP contribution in [0.5, 0.6) is 0 Å². The number of nitrogens with one attached hydrogen (secondary N) is 2. The second-order valence-electron chi connectivity index (χ2n) is 7.09. The number of likely N-dealkylation sites (N-methyl/N-ethyl adjacent to an activating group) is 2. The van der Waals surface area contributed by atoms with Crippen LogP contribution in [-0.2, 0) is 9.59 Å². The van der Waals surface area contributed by atoms with Gasteiger partial charge in [0.15, 0.2) is 0 Å². The highest BCUT2D eigenvalue weighted by molar-refractivity contribution is 5.95. The van der Waals surface area contributed by atoms with Crippen molar-refractivity contribution in [2.24, 2.45) is 0 Å².